The van der Waals surface area contributed by atoms with Crippen LogP contribution in [0.5, 0.6) is 0 Å². The molecule has 3 nitrogen and oxygen atoms in total. The van der Waals surface area contributed by atoms with Crippen LogP contribution >= 0.6 is 23.2 Å². The molecule has 0 aliphatic carbocycles. The van der Waals surface area contributed by atoms with Crippen LogP contribution in [0.15, 0.2) is 18.2 Å². The molecule has 1 aliphatic heterocycles. The summed E-state index contributed by atoms with van der Waals surface area (Å²) in [6.07, 6.45) is 0. The molecule has 0 spiro atoms. The Morgan fingerprint density at radius 2 is 1.83 bits per heavy atom. The topological polar surface area (TPSA) is 24.8 Å². The number of hydrogen-bond acceptors (Lipinski definition) is 1. The standard InChI is InChI=1S/C13H16Cl2N2O/c1-2-16-6-8-17(9-7-16)13(18)12-10(14)4-3-5-11(12)15/h3-5H,2,6-9H2,1H3/p+1. The summed E-state index contributed by atoms with van der Waals surface area (Å²) in [7, 11) is 0. The molecule has 1 fully saturated rings. The fourth-order valence-corrected chi connectivity index (χ4v) is 2.80. The minimum Gasteiger partial charge on any atom is -0.332 e. The van der Waals surface area contributed by atoms with Crippen LogP contribution in [0.4, 0.5) is 0 Å². The van der Waals surface area contributed by atoms with Gasteiger partial charge in [0.05, 0.1) is 48.3 Å². The van der Waals surface area contributed by atoms with Crippen molar-refractivity contribution < 1.29 is 9.69 Å². The molecule has 5 heteroatoms. The third-order valence-electron chi connectivity index (χ3n) is 3.43. The lowest BCUT2D eigenvalue weighted by atomic mass is 10.1. The van der Waals surface area contributed by atoms with E-state index < -0.39 is 0 Å². The van der Waals surface area contributed by atoms with Crippen molar-refractivity contribution in [2.75, 3.05) is 32.7 Å². The molecule has 0 bridgehead atoms. The Morgan fingerprint density at radius 3 is 2.33 bits per heavy atom. The van der Waals surface area contributed by atoms with E-state index in [1.807, 2.05) is 4.90 Å². The Kier molecular flexibility index (Phi) is 4.49. The van der Waals surface area contributed by atoms with E-state index in [1.54, 1.807) is 18.2 Å². The Hall–Kier alpha value is -0.770. The van der Waals surface area contributed by atoms with Gasteiger partial charge in [-0.2, -0.15) is 0 Å². The highest BCUT2D eigenvalue weighted by Crippen LogP contribution is 2.25. The number of likely N-dealkylation sites (N-methyl/N-ethyl adjacent to an activating group) is 1. The van der Waals surface area contributed by atoms with Crippen LogP contribution < -0.4 is 4.90 Å². The summed E-state index contributed by atoms with van der Waals surface area (Å²) in [5.41, 5.74) is 0.431. The normalized spacial score (nSPS) is 16.9. The first-order valence-corrected chi connectivity index (χ1v) is 6.96. The molecule has 1 amide bonds. The molecular formula is C13H17Cl2N2O+. The molecule has 1 N–H and O–H groups in total. The van der Waals surface area contributed by atoms with E-state index in [0.29, 0.717) is 15.6 Å². The average Bonchev–Trinajstić information content (AvgIpc) is 2.38. The zero-order chi connectivity index (χ0) is 13.1. The van der Waals surface area contributed by atoms with Gasteiger partial charge in [0.15, 0.2) is 0 Å². The zero-order valence-electron chi connectivity index (χ0n) is 10.4. The van der Waals surface area contributed by atoms with Crippen molar-refractivity contribution in [1.29, 1.82) is 0 Å². The van der Waals surface area contributed by atoms with Gasteiger partial charge in [-0.15, -0.1) is 0 Å². The van der Waals surface area contributed by atoms with Crippen LogP contribution in [0.1, 0.15) is 17.3 Å². The highest BCUT2D eigenvalue weighted by atomic mass is 35.5. The molecule has 1 aromatic rings. The molecule has 0 unspecified atom stereocenters. The number of carbonyl (C=O) groups is 1. The summed E-state index contributed by atoms with van der Waals surface area (Å²) in [5.74, 6) is -0.0549. The second-order valence-corrected chi connectivity index (χ2v) is 5.31. The number of nitrogens with one attached hydrogen (secondary N) is 1. The fourth-order valence-electron chi connectivity index (χ4n) is 2.24. The van der Waals surface area contributed by atoms with Crippen LogP contribution in [0.3, 0.4) is 0 Å². The van der Waals surface area contributed by atoms with Gasteiger partial charge in [0.25, 0.3) is 5.91 Å². The molecule has 2 rings (SSSR count). The lowest BCUT2D eigenvalue weighted by molar-refractivity contribution is -0.902. The first kappa shape index (κ1) is 13.7. The zero-order valence-corrected chi connectivity index (χ0v) is 11.9. The highest BCUT2D eigenvalue weighted by molar-refractivity contribution is 6.39. The molecule has 1 heterocycles. The average molecular weight is 288 g/mol. The SMILES string of the molecule is CC[NH+]1CCN(C(=O)c2c(Cl)cccc2Cl)CC1. The quantitative estimate of drug-likeness (QED) is 0.873. The van der Waals surface area contributed by atoms with Crippen molar-refractivity contribution in [1.82, 2.24) is 4.90 Å². The lowest BCUT2D eigenvalue weighted by Crippen LogP contribution is -3.14. The molecule has 0 aromatic heterocycles. The third-order valence-corrected chi connectivity index (χ3v) is 4.06. The molecule has 18 heavy (non-hydrogen) atoms. The van der Waals surface area contributed by atoms with Crippen molar-refractivity contribution in [2.45, 2.75) is 6.92 Å². The van der Waals surface area contributed by atoms with Crippen LogP contribution in [0.2, 0.25) is 10.0 Å². The summed E-state index contributed by atoms with van der Waals surface area (Å²) < 4.78 is 0. The smallest absolute Gasteiger partial charge is 0.257 e. The van der Waals surface area contributed by atoms with Crippen LogP contribution in [-0.2, 0) is 0 Å². The van der Waals surface area contributed by atoms with Gasteiger partial charge in [0.1, 0.15) is 0 Å². The Labute approximate surface area is 117 Å². The Balaban J connectivity index is 2.13. The van der Waals surface area contributed by atoms with Gasteiger partial charge in [-0.25, -0.2) is 0 Å². The number of halogens is 2. The molecule has 1 aromatic carbocycles. The number of carbonyl (C=O) groups excluding carboxylic acids is 1. The van der Waals surface area contributed by atoms with Gasteiger partial charge in [-0.3, -0.25) is 4.79 Å². The van der Waals surface area contributed by atoms with E-state index in [9.17, 15) is 4.79 Å². The van der Waals surface area contributed by atoms with E-state index in [2.05, 4.69) is 6.92 Å². The predicted octanol–water partition coefficient (Wildman–Crippen LogP) is 1.35. The molecule has 1 saturated heterocycles. The number of benzene rings is 1. The summed E-state index contributed by atoms with van der Waals surface area (Å²) in [5, 5.41) is 0.857. The maximum atomic E-state index is 12.4. The number of quaternary nitrogens is 1. The van der Waals surface area contributed by atoms with E-state index in [0.717, 1.165) is 32.7 Å². The van der Waals surface area contributed by atoms with Crippen molar-refractivity contribution in [3.63, 3.8) is 0 Å². The molecule has 0 saturated carbocycles. The third kappa shape index (κ3) is 2.79. The largest absolute Gasteiger partial charge is 0.332 e. The Bertz CT molecular complexity index is 422. The van der Waals surface area contributed by atoms with Gasteiger partial charge in [-0.1, -0.05) is 29.3 Å². The predicted molar refractivity (Wildman–Crippen MR) is 73.6 cm³/mol. The van der Waals surface area contributed by atoms with Crippen molar-refractivity contribution in [3.8, 4) is 0 Å². The fraction of sp³-hybridized carbons (Fsp3) is 0.462. The van der Waals surface area contributed by atoms with Crippen LogP contribution in [0, 0.1) is 0 Å². The maximum absolute atomic E-state index is 12.4. The van der Waals surface area contributed by atoms with Gasteiger partial charge in [0, 0.05) is 0 Å². The molecule has 0 atom stereocenters. The van der Waals surface area contributed by atoms with E-state index in [4.69, 9.17) is 23.2 Å². The Morgan fingerprint density at radius 1 is 1.28 bits per heavy atom. The second kappa shape index (κ2) is 5.91. The molecular weight excluding hydrogens is 271 g/mol. The monoisotopic (exact) mass is 287 g/mol. The maximum Gasteiger partial charge on any atom is 0.257 e. The number of rotatable bonds is 2. The molecule has 98 valence electrons. The van der Waals surface area contributed by atoms with Gasteiger partial charge in [-0.05, 0) is 19.1 Å². The second-order valence-electron chi connectivity index (χ2n) is 4.49. The summed E-state index contributed by atoms with van der Waals surface area (Å²) in [4.78, 5) is 15.8. The van der Waals surface area contributed by atoms with E-state index in [-0.39, 0.29) is 5.91 Å². The van der Waals surface area contributed by atoms with Gasteiger partial charge < -0.3 is 9.80 Å². The number of nitrogens with zero attached hydrogens (tertiary/aromatic N) is 1. The molecule has 0 radical (unpaired) electrons. The van der Waals surface area contributed by atoms with Gasteiger partial charge >= 0.3 is 0 Å². The summed E-state index contributed by atoms with van der Waals surface area (Å²) in [6, 6.07) is 5.16. The van der Waals surface area contributed by atoms with Gasteiger partial charge in [0.2, 0.25) is 0 Å². The van der Waals surface area contributed by atoms with E-state index in [1.165, 1.54) is 4.90 Å². The minimum absolute atomic E-state index is 0.0549. The van der Waals surface area contributed by atoms with Crippen molar-refractivity contribution in [3.05, 3.63) is 33.8 Å². The van der Waals surface area contributed by atoms with Crippen LogP contribution in [0.25, 0.3) is 0 Å². The summed E-state index contributed by atoms with van der Waals surface area (Å²) >= 11 is 12.1. The molecule has 1 aliphatic rings. The highest BCUT2D eigenvalue weighted by Gasteiger charge is 2.26. The minimum atomic E-state index is -0.0549. The van der Waals surface area contributed by atoms with Crippen molar-refractivity contribution in [2.24, 2.45) is 0 Å². The number of hydrogen-bond donors (Lipinski definition) is 1. The summed E-state index contributed by atoms with van der Waals surface area (Å²) in [6.45, 7) is 6.79. The number of amides is 1. The van der Waals surface area contributed by atoms with Crippen molar-refractivity contribution >= 4 is 29.1 Å². The first-order chi connectivity index (χ1) is 8.63. The lowest BCUT2D eigenvalue weighted by Gasteiger charge is -2.32. The number of piperazine rings is 1. The van der Waals surface area contributed by atoms with Crippen LogP contribution in [-0.4, -0.2) is 43.5 Å². The first-order valence-electron chi connectivity index (χ1n) is 6.20. The van der Waals surface area contributed by atoms with E-state index >= 15 is 0 Å².